The van der Waals surface area contributed by atoms with Crippen LogP contribution in [-0.2, 0) is 0 Å². The normalized spacial score (nSPS) is 63.9. The Labute approximate surface area is 63.0 Å². The number of hydrogen-bond donors (Lipinski definition) is 0. The maximum atomic E-state index is 2.50. The molecule has 0 N–H and O–H groups in total. The zero-order valence-corrected chi connectivity index (χ0v) is 6.72. The average molecular weight is 136 g/mol. The van der Waals surface area contributed by atoms with E-state index >= 15 is 0 Å². The first-order valence-corrected chi connectivity index (χ1v) is 4.88. The van der Waals surface area contributed by atoms with Gasteiger partial charge in [0.25, 0.3) is 0 Å². The first-order valence-electron chi connectivity index (χ1n) is 4.88. The van der Waals surface area contributed by atoms with Gasteiger partial charge < -0.3 is 0 Å². The highest BCUT2D eigenvalue weighted by Gasteiger charge is 2.55. The largest absolute Gasteiger partial charge is 0.0620 e. The lowest BCUT2D eigenvalue weighted by atomic mass is 9.67. The van der Waals surface area contributed by atoms with Gasteiger partial charge in [0.05, 0.1) is 0 Å². The van der Waals surface area contributed by atoms with Crippen LogP contribution < -0.4 is 0 Å². The lowest BCUT2D eigenvalue weighted by Crippen LogP contribution is -2.29. The van der Waals surface area contributed by atoms with E-state index in [0.717, 1.165) is 5.92 Å². The van der Waals surface area contributed by atoms with Crippen molar-refractivity contribution in [2.45, 2.75) is 32.6 Å². The van der Waals surface area contributed by atoms with Crippen LogP contribution >= 0.6 is 0 Å². The molecule has 0 radical (unpaired) electrons. The lowest BCUT2D eigenvalue weighted by molar-refractivity contribution is 0.115. The minimum Gasteiger partial charge on any atom is -0.0620 e. The van der Waals surface area contributed by atoms with Gasteiger partial charge in [-0.25, -0.2) is 0 Å². The van der Waals surface area contributed by atoms with Crippen LogP contribution in [0.15, 0.2) is 0 Å². The Morgan fingerprint density at radius 1 is 0.700 bits per heavy atom. The fraction of sp³-hybridized carbons (Fsp3) is 1.00. The van der Waals surface area contributed by atoms with Crippen molar-refractivity contribution in [2.75, 3.05) is 0 Å². The Balaban J connectivity index is 1.90. The molecule has 56 valence electrons. The molecule has 0 amide bonds. The lowest BCUT2D eigenvalue weighted by Gasteiger charge is -2.38. The molecule has 4 unspecified atom stereocenters. The fourth-order valence-corrected chi connectivity index (χ4v) is 3.79. The molecule has 3 fully saturated rings. The standard InChI is InChI=1S/C10H16/c1-6-7-2-4-9(7)10-5-3-8(6)10/h6-10H,2-5H2,1H3/t6?,7?,8?,9-,10?/m1/s1. The SMILES string of the molecule is CC1C2CCC2[C@@H]2CCC12. The van der Waals surface area contributed by atoms with Crippen molar-refractivity contribution < 1.29 is 0 Å². The molecule has 0 spiro atoms. The van der Waals surface area contributed by atoms with Crippen LogP contribution in [0.5, 0.6) is 0 Å². The summed E-state index contributed by atoms with van der Waals surface area (Å²) in [6.07, 6.45) is 6.30. The van der Waals surface area contributed by atoms with Gasteiger partial charge in [-0.1, -0.05) is 6.92 Å². The molecule has 0 bridgehead atoms. The van der Waals surface area contributed by atoms with Gasteiger partial charge in [0, 0.05) is 0 Å². The van der Waals surface area contributed by atoms with E-state index in [9.17, 15) is 0 Å². The van der Waals surface area contributed by atoms with Gasteiger partial charge in [0.15, 0.2) is 0 Å². The Morgan fingerprint density at radius 2 is 1.10 bits per heavy atom. The van der Waals surface area contributed by atoms with Gasteiger partial charge in [0.2, 0.25) is 0 Å². The molecule has 3 aliphatic carbocycles. The summed E-state index contributed by atoms with van der Waals surface area (Å²) in [5.74, 6) is 5.87. The molecule has 0 aromatic rings. The maximum absolute atomic E-state index is 2.50. The van der Waals surface area contributed by atoms with Crippen molar-refractivity contribution in [3.05, 3.63) is 0 Å². The minimum atomic E-state index is 1.11. The second kappa shape index (κ2) is 1.60. The van der Waals surface area contributed by atoms with E-state index in [-0.39, 0.29) is 0 Å². The van der Waals surface area contributed by atoms with Crippen LogP contribution in [0.25, 0.3) is 0 Å². The number of rotatable bonds is 0. The quantitative estimate of drug-likeness (QED) is 0.480. The summed E-state index contributed by atoms with van der Waals surface area (Å²) in [4.78, 5) is 0. The Morgan fingerprint density at radius 3 is 1.30 bits per heavy atom. The van der Waals surface area contributed by atoms with Gasteiger partial charge in [-0.2, -0.15) is 0 Å². The minimum absolute atomic E-state index is 1.11. The van der Waals surface area contributed by atoms with Crippen LogP contribution in [0.1, 0.15) is 32.6 Å². The summed E-state index contributed by atoms with van der Waals surface area (Å²) in [6.45, 7) is 2.50. The molecule has 0 aliphatic heterocycles. The molecule has 5 atom stereocenters. The first kappa shape index (κ1) is 5.62. The molecule has 0 nitrogen and oxygen atoms in total. The predicted molar refractivity (Wildman–Crippen MR) is 41.6 cm³/mol. The van der Waals surface area contributed by atoms with Gasteiger partial charge in [0.1, 0.15) is 0 Å². The van der Waals surface area contributed by atoms with Gasteiger partial charge in [-0.05, 0) is 55.3 Å². The molecule has 0 heteroatoms. The van der Waals surface area contributed by atoms with E-state index in [1.807, 2.05) is 0 Å². The fourth-order valence-electron chi connectivity index (χ4n) is 3.79. The molecule has 3 aliphatic rings. The molecule has 0 saturated heterocycles. The van der Waals surface area contributed by atoms with Crippen LogP contribution in [-0.4, -0.2) is 0 Å². The first-order chi connectivity index (χ1) is 4.88. The van der Waals surface area contributed by atoms with Gasteiger partial charge >= 0.3 is 0 Å². The smallest absolute Gasteiger partial charge is 0.0352 e. The second-order valence-corrected chi connectivity index (χ2v) is 4.67. The van der Waals surface area contributed by atoms with Crippen molar-refractivity contribution in [1.82, 2.24) is 0 Å². The Bertz CT molecular complexity index is 116. The summed E-state index contributed by atoms with van der Waals surface area (Å²) >= 11 is 0. The molecule has 10 heavy (non-hydrogen) atoms. The molecule has 3 rings (SSSR count). The molecule has 0 aromatic heterocycles. The van der Waals surface area contributed by atoms with E-state index in [0.29, 0.717) is 0 Å². The molecule has 3 saturated carbocycles. The van der Waals surface area contributed by atoms with Crippen LogP contribution in [0, 0.1) is 29.6 Å². The van der Waals surface area contributed by atoms with Gasteiger partial charge in [-0.15, -0.1) is 0 Å². The third kappa shape index (κ3) is 0.436. The monoisotopic (exact) mass is 136 g/mol. The third-order valence-corrected chi connectivity index (χ3v) is 4.67. The van der Waals surface area contributed by atoms with Crippen molar-refractivity contribution in [2.24, 2.45) is 29.6 Å². The van der Waals surface area contributed by atoms with E-state index in [2.05, 4.69) is 6.92 Å². The van der Waals surface area contributed by atoms with Crippen LogP contribution in [0.4, 0.5) is 0 Å². The number of fused-ring (bicyclic) bond motifs is 3. The zero-order chi connectivity index (χ0) is 6.72. The second-order valence-electron chi connectivity index (χ2n) is 4.67. The van der Waals surface area contributed by atoms with Crippen molar-refractivity contribution in [3.63, 3.8) is 0 Å². The summed E-state index contributed by atoms with van der Waals surface area (Å²) < 4.78 is 0. The van der Waals surface area contributed by atoms with E-state index in [1.54, 1.807) is 25.7 Å². The molecule has 0 aromatic carbocycles. The topological polar surface area (TPSA) is 0 Å². The average Bonchev–Trinajstić information content (AvgIpc) is 1.84. The summed E-state index contributed by atoms with van der Waals surface area (Å²) in [5, 5.41) is 0. The van der Waals surface area contributed by atoms with E-state index in [1.165, 1.54) is 23.7 Å². The molecular weight excluding hydrogens is 120 g/mol. The van der Waals surface area contributed by atoms with Crippen LogP contribution in [0.3, 0.4) is 0 Å². The third-order valence-electron chi connectivity index (χ3n) is 4.67. The van der Waals surface area contributed by atoms with Crippen LogP contribution in [0.2, 0.25) is 0 Å². The highest BCUT2D eigenvalue weighted by molar-refractivity contribution is 5.04. The predicted octanol–water partition coefficient (Wildman–Crippen LogP) is 2.69. The Hall–Kier alpha value is 0. The summed E-state index contributed by atoms with van der Waals surface area (Å²) in [7, 11) is 0. The van der Waals surface area contributed by atoms with Crippen molar-refractivity contribution in [1.29, 1.82) is 0 Å². The zero-order valence-electron chi connectivity index (χ0n) is 6.72. The van der Waals surface area contributed by atoms with Crippen molar-refractivity contribution in [3.8, 4) is 0 Å². The Kier molecular flexibility index (Phi) is 0.898. The maximum Gasteiger partial charge on any atom is -0.0352 e. The molecule has 0 heterocycles. The summed E-state index contributed by atoms with van der Waals surface area (Å²) in [5.41, 5.74) is 0. The van der Waals surface area contributed by atoms with E-state index < -0.39 is 0 Å². The highest BCUT2D eigenvalue weighted by atomic mass is 14.6. The summed E-state index contributed by atoms with van der Waals surface area (Å²) in [6, 6.07) is 0. The van der Waals surface area contributed by atoms with Crippen molar-refractivity contribution >= 4 is 0 Å². The molecular formula is C10H16. The van der Waals surface area contributed by atoms with E-state index in [4.69, 9.17) is 0 Å². The van der Waals surface area contributed by atoms with Gasteiger partial charge in [-0.3, -0.25) is 0 Å². The number of hydrogen-bond acceptors (Lipinski definition) is 0. The highest BCUT2D eigenvalue weighted by Crippen LogP contribution is 2.63.